The van der Waals surface area contributed by atoms with E-state index in [0.717, 1.165) is 0 Å². The van der Waals surface area contributed by atoms with Gasteiger partial charge in [-0.25, -0.2) is 0 Å². The van der Waals surface area contributed by atoms with Crippen molar-refractivity contribution in [3.8, 4) is 5.75 Å². The van der Waals surface area contributed by atoms with Gasteiger partial charge in [0.15, 0.2) is 5.78 Å². The number of rotatable bonds is 6. The van der Waals surface area contributed by atoms with Crippen molar-refractivity contribution < 1.29 is 9.53 Å². The molecule has 2 nitrogen and oxygen atoms in total. The zero-order valence-electron chi connectivity index (χ0n) is 10.8. The molecule has 3 heteroatoms. The second kappa shape index (κ2) is 6.76. The largest absolute Gasteiger partial charge is 0.497 e. The van der Waals surface area contributed by atoms with Gasteiger partial charge in [0.2, 0.25) is 0 Å². The average Bonchev–Trinajstić information content (AvgIpc) is 2.43. The van der Waals surface area contributed by atoms with Crippen LogP contribution >= 0.6 is 11.6 Å². The van der Waals surface area contributed by atoms with E-state index in [9.17, 15) is 4.79 Å². The molecule has 0 amide bonds. The molecule has 0 atom stereocenters. The zero-order chi connectivity index (χ0) is 14.4. The molecule has 0 bridgehead atoms. The number of hydrogen-bond acceptors (Lipinski definition) is 2. The third kappa shape index (κ3) is 3.46. The van der Waals surface area contributed by atoms with Gasteiger partial charge >= 0.3 is 0 Å². The van der Waals surface area contributed by atoms with Crippen LogP contribution in [0.25, 0.3) is 0 Å². The lowest BCUT2D eigenvalue weighted by Gasteiger charge is -2.08. The highest BCUT2D eigenvalue weighted by Gasteiger charge is 2.16. The highest BCUT2D eigenvalue weighted by Crippen LogP contribution is 2.26. The van der Waals surface area contributed by atoms with Crippen molar-refractivity contribution in [1.29, 1.82) is 0 Å². The Morgan fingerprint density at radius 2 is 2.05 bits per heavy atom. The summed E-state index contributed by atoms with van der Waals surface area (Å²) in [6.45, 7) is 11.0. The van der Waals surface area contributed by atoms with E-state index in [0.29, 0.717) is 27.5 Å². The lowest BCUT2D eigenvalue weighted by molar-refractivity contribution is 0.103. The molecule has 0 spiro atoms. The van der Waals surface area contributed by atoms with Gasteiger partial charge in [0, 0.05) is 11.1 Å². The summed E-state index contributed by atoms with van der Waals surface area (Å²) in [6.07, 6.45) is 4.80. The molecule has 0 aliphatic heterocycles. The summed E-state index contributed by atoms with van der Waals surface area (Å²) >= 11 is 6.06. The van der Waals surface area contributed by atoms with E-state index in [1.165, 1.54) is 7.11 Å². The molecule has 0 heterocycles. The number of allylic oxidation sites excluding steroid dienone is 5. The van der Waals surface area contributed by atoms with Crippen LogP contribution in [0.5, 0.6) is 5.75 Å². The van der Waals surface area contributed by atoms with Crippen LogP contribution in [0.1, 0.15) is 10.4 Å². The van der Waals surface area contributed by atoms with Crippen molar-refractivity contribution in [2.24, 2.45) is 0 Å². The molecule has 0 saturated heterocycles. The van der Waals surface area contributed by atoms with Crippen molar-refractivity contribution in [2.45, 2.75) is 0 Å². The third-order valence-electron chi connectivity index (χ3n) is 2.56. The van der Waals surface area contributed by atoms with Crippen LogP contribution in [0.2, 0.25) is 5.02 Å². The topological polar surface area (TPSA) is 26.3 Å². The molecular formula is C16H15ClO2. The van der Waals surface area contributed by atoms with Gasteiger partial charge < -0.3 is 4.74 Å². The number of ether oxygens (including phenoxy) is 1. The van der Waals surface area contributed by atoms with Crippen molar-refractivity contribution in [3.05, 3.63) is 77.9 Å². The average molecular weight is 275 g/mol. The molecule has 0 N–H and O–H groups in total. The van der Waals surface area contributed by atoms with Crippen LogP contribution in [0.4, 0.5) is 0 Å². The summed E-state index contributed by atoms with van der Waals surface area (Å²) in [5.74, 6) is 0.346. The first-order valence-corrected chi connectivity index (χ1v) is 5.95. The maximum Gasteiger partial charge on any atom is 0.194 e. The first-order valence-electron chi connectivity index (χ1n) is 5.57. The predicted octanol–water partition coefficient (Wildman–Crippen LogP) is 4.39. The Balaban J connectivity index is 3.13. The number of Topliss-reactive ketones (excluding diaryl/α,β-unsaturated/α-hetero) is 1. The van der Waals surface area contributed by atoms with Crippen LogP contribution in [0.3, 0.4) is 0 Å². The summed E-state index contributed by atoms with van der Waals surface area (Å²) in [5, 5.41) is 0.326. The molecule has 0 unspecified atom stereocenters. The molecule has 1 aromatic carbocycles. The molecule has 1 rings (SSSR count). The number of benzene rings is 1. The number of carbonyl (C=O) groups excluding carboxylic acids is 1. The molecule has 0 aromatic heterocycles. The van der Waals surface area contributed by atoms with Gasteiger partial charge in [-0.1, -0.05) is 49.6 Å². The van der Waals surface area contributed by atoms with Gasteiger partial charge in [-0.15, -0.1) is 0 Å². The Hall–Kier alpha value is -2.06. The Morgan fingerprint density at radius 1 is 1.37 bits per heavy atom. The first-order chi connectivity index (χ1) is 9.04. The fraction of sp³-hybridized carbons (Fsp3) is 0.0625. The van der Waals surface area contributed by atoms with E-state index < -0.39 is 0 Å². The molecular weight excluding hydrogens is 260 g/mol. The van der Waals surface area contributed by atoms with Gasteiger partial charge in [0.1, 0.15) is 5.75 Å². The Labute approximate surface area is 118 Å². The Kier molecular flexibility index (Phi) is 5.34. The summed E-state index contributed by atoms with van der Waals surface area (Å²) in [4.78, 5) is 12.3. The van der Waals surface area contributed by atoms with Crippen molar-refractivity contribution in [2.75, 3.05) is 7.11 Å². The van der Waals surface area contributed by atoms with E-state index in [4.69, 9.17) is 16.3 Å². The first kappa shape index (κ1) is 15.0. The molecule has 1 aromatic rings. The van der Waals surface area contributed by atoms with E-state index in [2.05, 4.69) is 19.7 Å². The van der Waals surface area contributed by atoms with Gasteiger partial charge in [0.25, 0.3) is 0 Å². The molecule has 0 aliphatic carbocycles. The number of ketones is 1. The molecule has 0 fully saturated rings. The number of methoxy groups -OCH3 is 1. The molecule has 0 radical (unpaired) electrons. The molecule has 0 aliphatic rings. The SMILES string of the molecule is C=C/C=C(\C=C)C(=C)C(=O)c1ccc(OC)cc1Cl. The number of halogens is 1. The third-order valence-corrected chi connectivity index (χ3v) is 2.87. The fourth-order valence-corrected chi connectivity index (χ4v) is 1.78. The monoisotopic (exact) mass is 274 g/mol. The number of carbonyl (C=O) groups is 1. The zero-order valence-corrected chi connectivity index (χ0v) is 11.5. The van der Waals surface area contributed by atoms with E-state index in [1.54, 1.807) is 36.4 Å². The molecule has 19 heavy (non-hydrogen) atoms. The minimum atomic E-state index is -0.249. The normalized spacial score (nSPS) is 10.7. The van der Waals surface area contributed by atoms with Gasteiger partial charge in [0.05, 0.1) is 12.1 Å². The predicted molar refractivity (Wildman–Crippen MR) is 80.0 cm³/mol. The summed E-state index contributed by atoms with van der Waals surface area (Å²) in [6, 6.07) is 4.88. The van der Waals surface area contributed by atoms with Crippen LogP contribution < -0.4 is 4.74 Å². The lowest BCUT2D eigenvalue weighted by Crippen LogP contribution is -2.05. The second-order valence-corrected chi connectivity index (χ2v) is 4.12. The van der Waals surface area contributed by atoms with Gasteiger partial charge in [-0.3, -0.25) is 4.79 Å². The summed E-state index contributed by atoms with van der Waals surface area (Å²) in [5.41, 5.74) is 1.32. The maximum absolute atomic E-state index is 12.3. The van der Waals surface area contributed by atoms with Crippen LogP contribution in [0.15, 0.2) is 67.3 Å². The second-order valence-electron chi connectivity index (χ2n) is 3.72. The minimum Gasteiger partial charge on any atom is -0.497 e. The van der Waals surface area contributed by atoms with Crippen LogP contribution in [-0.2, 0) is 0 Å². The molecule has 98 valence electrons. The van der Waals surface area contributed by atoms with Crippen LogP contribution in [0, 0.1) is 0 Å². The molecule has 0 saturated carbocycles. The van der Waals surface area contributed by atoms with E-state index in [-0.39, 0.29) is 5.78 Å². The quantitative estimate of drug-likeness (QED) is 0.437. The highest BCUT2D eigenvalue weighted by atomic mass is 35.5. The minimum absolute atomic E-state index is 0.249. The van der Waals surface area contributed by atoms with Gasteiger partial charge in [-0.05, 0) is 23.8 Å². The van der Waals surface area contributed by atoms with Crippen molar-refractivity contribution in [3.63, 3.8) is 0 Å². The smallest absolute Gasteiger partial charge is 0.194 e. The Morgan fingerprint density at radius 3 is 2.53 bits per heavy atom. The van der Waals surface area contributed by atoms with Gasteiger partial charge in [-0.2, -0.15) is 0 Å². The summed E-state index contributed by atoms with van der Waals surface area (Å²) < 4.78 is 5.04. The fourth-order valence-electron chi connectivity index (χ4n) is 1.52. The van der Waals surface area contributed by atoms with Crippen LogP contribution in [-0.4, -0.2) is 12.9 Å². The summed E-state index contributed by atoms with van der Waals surface area (Å²) in [7, 11) is 1.54. The van der Waals surface area contributed by atoms with E-state index in [1.807, 2.05) is 0 Å². The maximum atomic E-state index is 12.3. The van der Waals surface area contributed by atoms with Crippen molar-refractivity contribution >= 4 is 17.4 Å². The number of hydrogen-bond donors (Lipinski definition) is 0. The highest BCUT2D eigenvalue weighted by molar-refractivity contribution is 6.35. The van der Waals surface area contributed by atoms with Crippen molar-refractivity contribution in [1.82, 2.24) is 0 Å². The van der Waals surface area contributed by atoms with E-state index >= 15 is 0 Å². The Bertz CT molecular complexity index is 568. The lowest BCUT2D eigenvalue weighted by atomic mass is 9.97. The standard InChI is InChI=1S/C16H15ClO2/c1-5-7-12(6-2)11(3)16(18)14-9-8-13(19-4)10-15(14)17/h5-10H,1-3H2,4H3/b12-7+.